The second kappa shape index (κ2) is 4.73. The smallest absolute Gasteiger partial charge is 0.126 e. The molecule has 1 aliphatic carbocycles. The van der Waals surface area contributed by atoms with E-state index in [-0.39, 0.29) is 6.04 Å². The molecule has 1 atom stereocenters. The topological polar surface area (TPSA) is 66.5 Å². The summed E-state index contributed by atoms with van der Waals surface area (Å²) in [6.07, 6.45) is 6.86. The van der Waals surface area contributed by atoms with E-state index in [0.29, 0.717) is 5.56 Å². The van der Waals surface area contributed by atoms with Crippen molar-refractivity contribution in [1.82, 2.24) is 14.8 Å². The zero-order chi connectivity index (χ0) is 13.2. The highest BCUT2D eigenvalue weighted by atomic mass is 15.3. The summed E-state index contributed by atoms with van der Waals surface area (Å²) >= 11 is 0. The van der Waals surface area contributed by atoms with Crippen LogP contribution in [0.25, 0.3) is 0 Å². The van der Waals surface area contributed by atoms with Gasteiger partial charge in [-0.25, -0.2) is 4.98 Å². The van der Waals surface area contributed by atoms with Crippen LogP contribution in [0.5, 0.6) is 0 Å². The molecule has 0 aromatic carbocycles. The van der Waals surface area contributed by atoms with Gasteiger partial charge in [0.25, 0.3) is 0 Å². The van der Waals surface area contributed by atoms with E-state index in [9.17, 15) is 0 Å². The molecule has 0 saturated heterocycles. The van der Waals surface area contributed by atoms with Crippen molar-refractivity contribution in [3.63, 3.8) is 0 Å². The first kappa shape index (κ1) is 11.7. The van der Waals surface area contributed by atoms with Gasteiger partial charge in [-0.3, -0.25) is 4.68 Å². The maximum absolute atomic E-state index is 8.76. The average molecular weight is 253 g/mol. The Morgan fingerprint density at radius 3 is 3.05 bits per heavy atom. The van der Waals surface area contributed by atoms with Crippen molar-refractivity contribution in [2.24, 2.45) is 7.05 Å². The summed E-state index contributed by atoms with van der Waals surface area (Å²) in [4.78, 5) is 4.26. The standard InChI is InChI=1S/C14H15N5/c1-19-13-4-2-3-12(11(13)9-17-19)18-14-6-5-10(7-15)8-16-14/h5-6,8-9,12H,2-4H2,1H3,(H,16,18). The normalized spacial score (nSPS) is 17.6. The minimum Gasteiger partial charge on any atom is -0.363 e. The number of aryl methyl sites for hydroxylation is 1. The fraction of sp³-hybridized carbons (Fsp3) is 0.357. The number of hydrogen-bond donors (Lipinski definition) is 1. The first-order valence-corrected chi connectivity index (χ1v) is 6.41. The van der Waals surface area contributed by atoms with Crippen LogP contribution >= 0.6 is 0 Å². The van der Waals surface area contributed by atoms with Gasteiger partial charge in [0, 0.05) is 24.5 Å². The van der Waals surface area contributed by atoms with Gasteiger partial charge in [0.05, 0.1) is 17.8 Å². The van der Waals surface area contributed by atoms with E-state index in [4.69, 9.17) is 5.26 Å². The Kier molecular flexibility index (Phi) is 2.92. The first-order chi connectivity index (χ1) is 9.28. The van der Waals surface area contributed by atoms with Gasteiger partial charge in [0.2, 0.25) is 0 Å². The van der Waals surface area contributed by atoms with Crippen molar-refractivity contribution >= 4 is 5.82 Å². The predicted octanol–water partition coefficient (Wildman–Crippen LogP) is 2.18. The van der Waals surface area contributed by atoms with Crippen LogP contribution in [-0.2, 0) is 13.5 Å². The van der Waals surface area contributed by atoms with Crippen LogP contribution in [0.3, 0.4) is 0 Å². The molecular formula is C14H15N5. The van der Waals surface area contributed by atoms with Crippen molar-refractivity contribution in [3.05, 3.63) is 41.3 Å². The first-order valence-electron chi connectivity index (χ1n) is 6.41. The highest BCUT2D eigenvalue weighted by Gasteiger charge is 2.23. The summed E-state index contributed by atoms with van der Waals surface area (Å²) in [5.74, 6) is 0.806. The third-order valence-electron chi connectivity index (χ3n) is 3.59. The molecule has 0 aliphatic heterocycles. The van der Waals surface area contributed by atoms with Crippen molar-refractivity contribution in [2.45, 2.75) is 25.3 Å². The van der Waals surface area contributed by atoms with E-state index in [1.165, 1.54) is 11.3 Å². The van der Waals surface area contributed by atoms with Crippen molar-refractivity contribution in [2.75, 3.05) is 5.32 Å². The van der Waals surface area contributed by atoms with Crippen LogP contribution in [0.15, 0.2) is 24.5 Å². The third kappa shape index (κ3) is 2.17. The lowest BCUT2D eigenvalue weighted by Crippen LogP contribution is -2.18. The summed E-state index contributed by atoms with van der Waals surface area (Å²) in [6, 6.07) is 5.97. The Hall–Kier alpha value is -2.35. The highest BCUT2D eigenvalue weighted by Crippen LogP contribution is 2.31. The Balaban J connectivity index is 1.82. The maximum Gasteiger partial charge on any atom is 0.126 e. The van der Waals surface area contributed by atoms with Gasteiger partial charge < -0.3 is 5.32 Å². The fourth-order valence-electron chi connectivity index (χ4n) is 2.58. The largest absolute Gasteiger partial charge is 0.363 e. The lowest BCUT2D eigenvalue weighted by atomic mass is 9.93. The Morgan fingerprint density at radius 1 is 1.42 bits per heavy atom. The molecule has 96 valence electrons. The van der Waals surface area contributed by atoms with Gasteiger partial charge in [0.15, 0.2) is 0 Å². The van der Waals surface area contributed by atoms with Crippen LogP contribution < -0.4 is 5.32 Å². The molecule has 2 aromatic rings. The van der Waals surface area contributed by atoms with Crippen LogP contribution in [-0.4, -0.2) is 14.8 Å². The lowest BCUT2D eigenvalue weighted by Gasteiger charge is -2.24. The zero-order valence-electron chi connectivity index (χ0n) is 10.8. The van der Waals surface area contributed by atoms with Crippen LogP contribution in [0.2, 0.25) is 0 Å². The van der Waals surface area contributed by atoms with E-state index in [2.05, 4.69) is 21.5 Å². The molecule has 0 radical (unpaired) electrons. The molecular weight excluding hydrogens is 238 g/mol. The molecule has 0 fully saturated rings. The van der Waals surface area contributed by atoms with Gasteiger partial charge in [-0.1, -0.05) is 0 Å². The molecule has 19 heavy (non-hydrogen) atoms. The molecule has 2 aromatic heterocycles. The minimum atomic E-state index is 0.262. The molecule has 0 amide bonds. The van der Waals surface area contributed by atoms with E-state index in [1.54, 1.807) is 12.3 Å². The number of fused-ring (bicyclic) bond motifs is 1. The summed E-state index contributed by atoms with van der Waals surface area (Å²) in [5, 5.41) is 16.5. The van der Waals surface area contributed by atoms with Gasteiger partial charge in [-0.05, 0) is 31.4 Å². The Bertz CT molecular complexity index is 620. The van der Waals surface area contributed by atoms with Crippen molar-refractivity contribution in [3.8, 4) is 6.07 Å². The average Bonchev–Trinajstić information content (AvgIpc) is 2.83. The number of anilines is 1. The van der Waals surface area contributed by atoms with Gasteiger partial charge in [-0.2, -0.15) is 10.4 Å². The fourth-order valence-corrected chi connectivity index (χ4v) is 2.58. The van der Waals surface area contributed by atoms with Gasteiger partial charge >= 0.3 is 0 Å². The van der Waals surface area contributed by atoms with E-state index >= 15 is 0 Å². The number of nitrogens with zero attached hydrogens (tertiary/aromatic N) is 4. The number of hydrogen-bond acceptors (Lipinski definition) is 4. The summed E-state index contributed by atoms with van der Waals surface area (Å²) in [6.45, 7) is 0. The molecule has 0 saturated carbocycles. The second-order valence-corrected chi connectivity index (χ2v) is 4.80. The third-order valence-corrected chi connectivity index (χ3v) is 3.59. The molecule has 2 heterocycles. The van der Waals surface area contributed by atoms with Crippen LogP contribution in [0.4, 0.5) is 5.82 Å². The Labute approximate surface area is 111 Å². The number of nitriles is 1. The lowest BCUT2D eigenvalue weighted by molar-refractivity contribution is 0.570. The number of nitrogens with one attached hydrogen (secondary N) is 1. The van der Waals surface area contributed by atoms with Crippen LogP contribution in [0, 0.1) is 11.3 Å². The maximum atomic E-state index is 8.76. The highest BCUT2D eigenvalue weighted by molar-refractivity contribution is 5.42. The minimum absolute atomic E-state index is 0.262. The van der Waals surface area contributed by atoms with Gasteiger partial charge in [0.1, 0.15) is 11.9 Å². The molecule has 5 heteroatoms. The molecule has 0 spiro atoms. The van der Waals surface area contributed by atoms with Crippen LogP contribution in [0.1, 0.15) is 35.7 Å². The molecule has 0 bridgehead atoms. The van der Waals surface area contributed by atoms with E-state index in [1.807, 2.05) is 24.0 Å². The van der Waals surface area contributed by atoms with Gasteiger partial charge in [-0.15, -0.1) is 0 Å². The monoisotopic (exact) mass is 253 g/mol. The number of pyridine rings is 1. The molecule has 5 nitrogen and oxygen atoms in total. The number of rotatable bonds is 2. The summed E-state index contributed by atoms with van der Waals surface area (Å²) in [5.41, 5.74) is 3.15. The van der Waals surface area contributed by atoms with E-state index < -0.39 is 0 Å². The summed E-state index contributed by atoms with van der Waals surface area (Å²) in [7, 11) is 1.99. The van der Waals surface area contributed by atoms with Crippen molar-refractivity contribution < 1.29 is 0 Å². The van der Waals surface area contributed by atoms with Crippen molar-refractivity contribution in [1.29, 1.82) is 5.26 Å². The second-order valence-electron chi connectivity index (χ2n) is 4.80. The van der Waals surface area contributed by atoms with E-state index in [0.717, 1.165) is 25.1 Å². The summed E-state index contributed by atoms with van der Waals surface area (Å²) < 4.78 is 1.95. The molecule has 1 unspecified atom stereocenters. The zero-order valence-corrected chi connectivity index (χ0v) is 10.8. The molecule has 3 rings (SSSR count). The predicted molar refractivity (Wildman–Crippen MR) is 71.5 cm³/mol. The Morgan fingerprint density at radius 2 is 2.32 bits per heavy atom. The SMILES string of the molecule is Cn1ncc2c1CCCC2Nc1ccc(C#N)cn1. The number of aromatic nitrogens is 3. The molecule has 1 N–H and O–H groups in total. The molecule has 1 aliphatic rings. The quantitative estimate of drug-likeness (QED) is 0.890.